The molecule has 0 saturated carbocycles. The molecule has 4 nitrogen and oxygen atoms in total. The number of amides is 2. The molecule has 0 radical (unpaired) electrons. The monoisotopic (exact) mass is 546 g/mol. The van der Waals surface area contributed by atoms with Crippen LogP contribution in [0.15, 0.2) is 78.9 Å². The molecular formula is C32H32Cl2N2O2. The van der Waals surface area contributed by atoms with Crippen molar-refractivity contribution in [2.45, 2.75) is 38.3 Å². The number of likely N-dealkylation sites (N-methyl/N-ethyl adjacent to an activating group) is 1. The lowest BCUT2D eigenvalue weighted by Crippen LogP contribution is -2.31. The number of carbonyl (C=O) groups excluding carboxylic acids is 1. The number of hydrogen-bond acceptors (Lipinski definition) is 2. The Morgan fingerprint density at radius 3 is 2.29 bits per heavy atom. The van der Waals surface area contributed by atoms with E-state index in [1.807, 2.05) is 29.0 Å². The number of fused-ring (bicyclic) bond motifs is 2. The Morgan fingerprint density at radius 1 is 0.921 bits per heavy atom. The lowest BCUT2D eigenvalue weighted by molar-refractivity contribution is 0.220. The van der Waals surface area contributed by atoms with E-state index in [2.05, 4.69) is 73.7 Å². The second-order valence-corrected chi connectivity index (χ2v) is 10.6. The second-order valence-electron chi connectivity index (χ2n) is 9.82. The minimum Gasteiger partial charge on any atom is -0.496 e. The number of benzene rings is 4. The molecule has 0 aromatic heterocycles. The van der Waals surface area contributed by atoms with Crippen LogP contribution >= 0.6 is 23.2 Å². The normalized spacial score (nSPS) is 18.4. The quantitative estimate of drug-likeness (QED) is 0.240. The van der Waals surface area contributed by atoms with Crippen molar-refractivity contribution in [3.63, 3.8) is 0 Å². The number of anilines is 1. The lowest BCUT2D eigenvalue weighted by Gasteiger charge is -2.29. The Balaban J connectivity index is 0.000000937. The molecule has 1 aliphatic heterocycles. The molecule has 38 heavy (non-hydrogen) atoms. The van der Waals surface area contributed by atoms with Crippen LogP contribution in [-0.2, 0) is 12.8 Å². The molecule has 0 bridgehead atoms. The summed E-state index contributed by atoms with van der Waals surface area (Å²) in [6.07, 6.45) is 3.28. The van der Waals surface area contributed by atoms with E-state index in [9.17, 15) is 4.79 Å². The van der Waals surface area contributed by atoms with E-state index in [-0.39, 0.29) is 23.5 Å². The second kappa shape index (κ2) is 11.3. The number of carbonyl (C=O) groups is 1. The van der Waals surface area contributed by atoms with Crippen molar-refractivity contribution in [2.24, 2.45) is 0 Å². The average molecular weight is 548 g/mol. The van der Waals surface area contributed by atoms with E-state index in [1.165, 1.54) is 11.1 Å². The van der Waals surface area contributed by atoms with E-state index >= 15 is 0 Å². The van der Waals surface area contributed by atoms with Gasteiger partial charge >= 0.3 is 6.03 Å². The molecule has 2 atom stereocenters. The molecule has 1 aliphatic carbocycles. The summed E-state index contributed by atoms with van der Waals surface area (Å²) in [4.78, 5) is 17.7. The van der Waals surface area contributed by atoms with Crippen molar-refractivity contribution in [3.8, 4) is 16.9 Å². The topological polar surface area (TPSA) is 32.8 Å². The minimum atomic E-state index is -0.0760. The maximum atomic E-state index is 13.8. The van der Waals surface area contributed by atoms with Crippen molar-refractivity contribution in [2.75, 3.05) is 24.4 Å². The lowest BCUT2D eigenvalue weighted by atomic mass is 9.91. The van der Waals surface area contributed by atoms with Crippen molar-refractivity contribution < 1.29 is 9.53 Å². The maximum absolute atomic E-state index is 13.8. The van der Waals surface area contributed by atoms with Crippen LogP contribution < -0.4 is 9.64 Å². The number of methoxy groups -OCH3 is 1. The summed E-state index contributed by atoms with van der Waals surface area (Å²) in [6.45, 7) is 2.14. The van der Waals surface area contributed by atoms with Gasteiger partial charge in [-0.05, 0) is 71.8 Å². The fourth-order valence-electron chi connectivity index (χ4n) is 5.93. The number of ether oxygens (including phenoxy) is 1. The first kappa shape index (κ1) is 26.4. The summed E-state index contributed by atoms with van der Waals surface area (Å²) in [5.41, 5.74) is 6.96. The molecule has 0 N–H and O–H groups in total. The van der Waals surface area contributed by atoms with Gasteiger partial charge in [0.2, 0.25) is 0 Å². The summed E-state index contributed by atoms with van der Waals surface area (Å²) in [5.74, 6) is 0.826. The molecule has 1 fully saturated rings. The van der Waals surface area contributed by atoms with E-state index in [1.54, 1.807) is 7.11 Å². The molecule has 1 saturated heterocycles. The van der Waals surface area contributed by atoms with Crippen molar-refractivity contribution >= 4 is 45.7 Å². The van der Waals surface area contributed by atoms with Gasteiger partial charge in [0.15, 0.2) is 0 Å². The molecule has 4 aromatic rings. The predicted octanol–water partition coefficient (Wildman–Crippen LogP) is 8.43. The standard InChI is InChI=1S/C31H30N2O2.CH2Cl2/c1-20-30(22-11-5-4-6-12-22)33(31(34)32(20)2)27-19-24-14-9-13-23(24)18-26(27)29-25-15-8-7-10-21(25)16-17-28(29)35-3;2-1-3/h4-8,10-12,15-20,30H,9,13-14H2,1-3H3;1H2/t20-,30-;/m0./s1. The highest BCUT2D eigenvalue weighted by Gasteiger charge is 2.44. The summed E-state index contributed by atoms with van der Waals surface area (Å²) < 4.78 is 5.91. The predicted molar refractivity (Wildman–Crippen MR) is 159 cm³/mol. The van der Waals surface area contributed by atoms with Gasteiger partial charge in [0.25, 0.3) is 0 Å². The van der Waals surface area contributed by atoms with Gasteiger partial charge in [-0.15, -0.1) is 23.2 Å². The van der Waals surface area contributed by atoms with Gasteiger partial charge in [-0.1, -0.05) is 60.7 Å². The fraction of sp³-hybridized carbons (Fsp3) is 0.281. The molecule has 2 amide bonds. The zero-order valence-electron chi connectivity index (χ0n) is 22.0. The van der Waals surface area contributed by atoms with Crippen molar-refractivity contribution in [3.05, 3.63) is 95.6 Å². The Morgan fingerprint density at radius 2 is 1.58 bits per heavy atom. The highest BCUT2D eigenvalue weighted by Crippen LogP contribution is 2.48. The van der Waals surface area contributed by atoms with Crippen LogP contribution in [0.2, 0.25) is 0 Å². The van der Waals surface area contributed by atoms with Gasteiger partial charge in [-0.2, -0.15) is 0 Å². The number of hydrogen-bond donors (Lipinski definition) is 0. The zero-order valence-corrected chi connectivity index (χ0v) is 23.5. The SMILES string of the molecule is COc1ccc2ccccc2c1-c1cc2c(cc1N1C(=O)N(C)[C@@H](C)[C@H]1c1ccccc1)CCC2.ClCCl. The van der Waals surface area contributed by atoms with Gasteiger partial charge in [0.05, 0.1) is 30.2 Å². The number of urea groups is 1. The Labute approximate surface area is 234 Å². The highest BCUT2D eigenvalue weighted by atomic mass is 35.5. The minimum absolute atomic E-state index is 0.0322. The molecule has 196 valence electrons. The number of halogens is 2. The summed E-state index contributed by atoms with van der Waals surface area (Å²) in [7, 11) is 3.64. The molecule has 0 spiro atoms. The number of aryl methyl sites for hydroxylation is 2. The molecular weight excluding hydrogens is 515 g/mol. The van der Waals surface area contributed by atoms with Gasteiger partial charge < -0.3 is 9.64 Å². The molecule has 6 heteroatoms. The van der Waals surface area contributed by atoms with E-state index in [0.717, 1.165) is 58.2 Å². The van der Waals surface area contributed by atoms with E-state index in [4.69, 9.17) is 27.9 Å². The van der Waals surface area contributed by atoms with E-state index < -0.39 is 0 Å². The Hall–Kier alpha value is -3.21. The highest BCUT2D eigenvalue weighted by molar-refractivity contribution is 6.40. The third kappa shape index (κ3) is 4.61. The molecule has 2 aliphatic rings. The maximum Gasteiger partial charge on any atom is 0.325 e. The van der Waals surface area contributed by atoms with Crippen LogP contribution in [0.5, 0.6) is 5.75 Å². The summed E-state index contributed by atoms with van der Waals surface area (Å²) >= 11 is 9.53. The number of rotatable bonds is 4. The van der Waals surface area contributed by atoms with E-state index in [0.29, 0.717) is 0 Å². The first-order valence-corrected chi connectivity index (χ1v) is 14.0. The molecule has 4 aromatic carbocycles. The first-order valence-electron chi connectivity index (χ1n) is 12.9. The van der Waals surface area contributed by atoms with Crippen molar-refractivity contribution in [1.29, 1.82) is 0 Å². The first-order chi connectivity index (χ1) is 18.5. The average Bonchev–Trinajstić information content (AvgIpc) is 3.50. The van der Waals surface area contributed by atoms with Gasteiger partial charge in [0.1, 0.15) is 5.75 Å². The third-order valence-corrected chi connectivity index (χ3v) is 7.84. The molecule has 1 heterocycles. The van der Waals surface area contributed by atoms with Gasteiger partial charge in [0, 0.05) is 18.2 Å². The smallest absolute Gasteiger partial charge is 0.325 e. The zero-order chi connectivity index (χ0) is 26.8. The summed E-state index contributed by atoms with van der Waals surface area (Å²) in [5, 5.41) is 2.49. The Kier molecular flexibility index (Phi) is 7.83. The Bertz CT molecular complexity index is 1460. The number of alkyl halides is 2. The van der Waals surface area contributed by atoms with Crippen LogP contribution in [0.4, 0.5) is 10.5 Å². The molecule has 0 unspecified atom stereocenters. The third-order valence-electron chi connectivity index (χ3n) is 7.84. The van der Waals surface area contributed by atoms with Gasteiger partial charge in [-0.3, -0.25) is 4.90 Å². The van der Waals surface area contributed by atoms with Crippen molar-refractivity contribution in [1.82, 2.24) is 4.90 Å². The van der Waals surface area contributed by atoms with Crippen LogP contribution in [-0.4, -0.2) is 36.5 Å². The fourth-order valence-corrected chi connectivity index (χ4v) is 5.93. The summed E-state index contributed by atoms with van der Waals surface area (Å²) in [6, 6.07) is 27.6. The van der Waals surface area contributed by atoms with Crippen LogP contribution in [0.3, 0.4) is 0 Å². The van der Waals surface area contributed by atoms with Gasteiger partial charge in [-0.25, -0.2) is 4.79 Å². The van der Waals surface area contributed by atoms with Crippen LogP contribution in [0, 0.1) is 0 Å². The number of nitrogens with zero attached hydrogens (tertiary/aromatic N) is 2. The van der Waals surface area contributed by atoms with Crippen LogP contribution in [0.25, 0.3) is 21.9 Å². The van der Waals surface area contributed by atoms with Crippen LogP contribution in [0.1, 0.15) is 36.1 Å². The largest absolute Gasteiger partial charge is 0.496 e. The molecule has 6 rings (SSSR count).